The van der Waals surface area contributed by atoms with Crippen LogP contribution in [0.3, 0.4) is 0 Å². The van der Waals surface area contributed by atoms with Crippen molar-refractivity contribution in [3.8, 4) is 0 Å². The Morgan fingerprint density at radius 1 is 1.44 bits per heavy atom. The topological polar surface area (TPSA) is 64.4 Å². The van der Waals surface area contributed by atoms with E-state index < -0.39 is 0 Å². The van der Waals surface area contributed by atoms with Crippen LogP contribution in [0.15, 0.2) is 18.2 Å². The molecule has 1 fully saturated rings. The first kappa shape index (κ1) is 13.2. The summed E-state index contributed by atoms with van der Waals surface area (Å²) < 4.78 is 5.30. The van der Waals surface area contributed by atoms with E-state index in [9.17, 15) is 4.79 Å². The Labute approximate surface area is 111 Å². The highest BCUT2D eigenvalue weighted by Crippen LogP contribution is 2.22. The maximum absolute atomic E-state index is 12.1. The summed E-state index contributed by atoms with van der Waals surface area (Å²) in [7, 11) is 0. The van der Waals surface area contributed by atoms with Crippen LogP contribution in [0, 0.1) is 0 Å². The van der Waals surface area contributed by atoms with E-state index in [1.807, 2.05) is 6.92 Å². The summed E-state index contributed by atoms with van der Waals surface area (Å²) in [6.07, 6.45) is 1.64. The van der Waals surface area contributed by atoms with Gasteiger partial charge < -0.3 is 15.8 Å². The summed E-state index contributed by atoms with van der Waals surface area (Å²) >= 11 is 5.83. The van der Waals surface area contributed by atoms with Crippen molar-refractivity contribution < 1.29 is 9.53 Å². The molecule has 1 saturated heterocycles. The second kappa shape index (κ2) is 5.16. The largest absolute Gasteiger partial charge is 0.398 e. The number of amides is 1. The molecule has 4 nitrogen and oxygen atoms in total. The van der Waals surface area contributed by atoms with Crippen LogP contribution in [0.25, 0.3) is 0 Å². The molecule has 0 aliphatic carbocycles. The number of rotatable bonds is 2. The molecule has 18 heavy (non-hydrogen) atoms. The second-order valence-electron chi connectivity index (χ2n) is 4.86. The fourth-order valence-electron chi connectivity index (χ4n) is 1.98. The quantitative estimate of drug-likeness (QED) is 0.809. The molecule has 98 valence electrons. The monoisotopic (exact) mass is 268 g/mol. The van der Waals surface area contributed by atoms with Crippen LogP contribution in [0.2, 0.25) is 5.02 Å². The van der Waals surface area contributed by atoms with Crippen LogP contribution in [0.5, 0.6) is 0 Å². The van der Waals surface area contributed by atoms with Gasteiger partial charge in [-0.25, -0.2) is 0 Å². The van der Waals surface area contributed by atoms with Crippen molar-refractivity contribution in [2.45, 2.75) is 25.3 Å². The zero-order chi connectivity index (χ0) is 13.2. The first-order chi connectivity index (χ1) is 8.50. The van der Waals surface area contributed by atoms with Gasteiger partial charge in [0.2, 0.25) is 0 Å². The fraction of sp³-hybridized carbons (Fsp3) is 0.462. The number of benzene rings is 1. The third kappa shape index (κ3) is 2.94. The summed E-state index contributed by atoms with van der Waals surface area (Å²) in [5, 5.41) is 3.50. The zero-order valence-electron chi connectivity index (χ0n) is 10.3. The number of carbonyl (C=O) groups excluding carboxylic acids is 1. The summed E-state index contributed by atoms with van der Waals surface area (Å²) in [6, 6.07) is 4.91. The number of ether oxygens (including phenoxy) is 1. The third-order valence-corrected chi connectivity index (χ3v) is 3.61. The van der Waals surface area contributed by atoms with Crippen LogP contribution in [-0.2, 0) is 4.74 Å². The van der Waals surface area contributed by atoms with Crippen LogP contribution in [0.1, 0.15) is 30.1 Å². The summed E-state index contributed by atoms with van der Waals surface area (Å²) in [4.78, 5) is 12.1. The van der Waals surface area contributed by atoms with Gasteiger partial charge in [-0.3, -0.25) is 4.79 Å². The number of nitrogen functional groups attached to an aromatic ring is 1. The van der Waals surface area contributed by atoms with Crippen LogP contribution in [-0.4, -0.2) is 24.7 Å². The van der Waals surface area contributed by atoms with Crippen molar-refractivity contribution in [1.29, 1.82) is 0 Å². The van der Waals surface area contributed by atoms with E-state index in [1.54, 1.807) is 18.2 Å². The van der Waals surface area contributed by atoms with Gasteiger partial charge in [-0.15, -0.1) is 0 Å². The zero-order valence-corrected chi connectivity index (χ0v) is 11.1. The molecule has 0 unspecified atom stereocenters. The molecule has 3 N–H and O–H groups in total. The van der Waals surface area contributed by atoms with Crippen LogP contribution >= 0.6 is 11.6 Å². The smallest absolute Gasteiger partial charge is 0.251 e. The molecule has 1 aliphatic heterocycles. The van der Waals surface area contributed by atoms with Crippen LogP contribution in [0.4, 0.5) is 5.69 Å². The van der Waals surface area contributed by atoms with Gasteiger partial charge in [-0.05, 0) is 38.0 Å². The van der Waals surface area contributed by atoms with Crippen molar-refractivity contribution in [3.05, 3.63) is 28.8 Å². The van der Waals surface area contributed by atoms with Gasteiger partial charge in [-0.2, -0.15) is 0 Å². The Bertz CT molecular complexity index is 456. The fourth-order valence-corrected chi connectivity index (χ4v) is 2.10. The molecule has 5 heteroatoms. The molecule has 2 rings (SSSR count). The summed E-state index contributed by atoms with van der Waals surface area (Å²) in [5.41, 5.74) is 6.44. The van der Waals surface area contributed by atoms with E-state index in [0.29, 0.717) is 29.5 Å². The maximum Gasteiger partial charge on any atom is 0.251 e. The Hall–Kier alpha value is -1.26. The molecule has 0 radical (unpaired) electrons. The molecular formula is C13H17ClN2O2. The number of nitrogens with one attached hydrogen (secondary N) is 1. The molecule has 0 atom stereocenters. The predicted octanol–water partition coefficient (Wildman–Crippen LogP) is 2.22. The minimum Gasteiger partial charge on any atom is -0.398 e. The van der Waals surface area contributed by atoms with E-state index in [0.717, 1.165) is 12.8 Å². The Morgan fingerprint density at radius 3 is 2.72 bits per heavy atom. The normalized spacial score (nSPS) is 18.3. The SMILES string of the molecule is CC1(NC(=O)c2ccc(Cl)c(N)c2)CCOCC1. The van der Waals surface area contributed by atoms with E-state index in [1.165, 1.54) is 0 Å². The lowest BCUT2D eigenvalue weighted by atomic mass is 9.92. The van der Waals surface area contributed by atoms with Gasteiger partial charge in [0.15, 0.2) is 0 Å². The lowest BCUT2D eigenvalue weighted by molar-refractivity contribution is 0.0423. The van der Waals surface area contributed by atoms with Crippen molar-refractivity contribution >= 4 is 23.2 Å². The Balaban J connectivity index is 2.09. The molecule has 1 amide bonds. The Morgan fingerprint density at radius 2 is 2.11 bits per heavy atom. The van der Waals surface area contributed by atoms with E-state index in [2.05, 4.69) is 5.32 Å². The molecule has 0 aromatic heterocycles. The lowest BCUT2D eigenvalue weighted by Crippen LogP contribution is -2.49. The first-order valence-corrected chi connectivity index (χ1v) is 6.33. The number of carbonyl (C=O) groups is 1. The molecule has 0 saturated carbocycles. The molecule has 0 spiro atoms. The molecular weight excluding hydrogens is 252 g/mol. The minimum absolute atomic E-state index is 0.122. The van der Waals surface area contributed by atoms with Gasteiger partial charge in [-0.1, -0.05) is 11.6 Å². The van der Waals surface area contributed by atoms with Crippen molar-refractivity contribution in [2.24, 2.45) is 0 Å². The van der Waals surface area contributed by atoms with E-state index in [4.69, 9.17) is 22.1 Å². The number of hydrogen-bond acceptors (Lipinski definition) is 3. The summed E-state index contributed by atoms with van der Waals surface area (Å²) in [5.74, 6) is -0.122. The second-order valence-corrected chi connectivity index (χ2v) is 5.27. The van der Waals surface area contributed by atoms with Crippen molar-refractivity contribution in [2.75, 3.05) is 18.9 Å². The number of nitrogens with two attached hydrogens (primary N) is 1. The van der Waals surface area contributed by atoms with Crippen LogP contribution < -0.4 is 11.1 Å². The average molecular weight is 269 g/mol. The third-order valence-electron chi connectivity index (χ3n) is 3.27. The summed E-state index contributed by atoms with van der Waals surface area (Å²) in [6.45, 7) is 3.39. The van der Waals surface area contributed by atoms with Crippen molar-refractivity contribution in [1.82, 2.24) is 5.32 Å². The highest BCUT2D eigenvalue weighted by Gasteiger charge is 2.29. The van der Waals surface area contributed by atoms with Gasteiger partial charge >= 0.3 is 0 Å². The molecule has 1 heterocycles. The standard InChI is InChI=1S/C13H17ClN2O2/c1-13(4-6-18-7-5-13)16-12(17)9-2-3-10(14)11(15)8-9/h2-3,8H,4-7,15H2,1H3,(H,16,17). The molecule has 0 bridgehead atoms. The van der Waals surface area contributed by atoms with Crippen molar-refractivity contribution in [3.63, 3.8) is 0 Å². The number of halogens is 1. The number of anilines is 1. The maximum atomic E-state index is 12.1. The Kier molecular flexibility index (Phi) is 3.78. The van der Waals surface area contributed by atoms with Gasteiger partial charge in [0.05, 0.1) is 10.7 Å². The number of hydrogen-bond donors (Lipinski definition) is 2. The molecule has 1 aliphatic rings. The van der Waals surface area contributed by atoms with Gasteiger partial charge in [0.1, 0.15) is 0 Å². The molecule has 1 aromatic carbocycles. The minimum atomic E-state index is -0.205. The lowest BCUT2D eigenvalue weighted by Gasteiger charge is -2.34. The average Bonchev–Trinajstić information content (AvgIpc) is 2.33. The van der Waals surface area contributed by atoms with E-state index in [-0.39, 0.29) is 11.4 Å². The predicted molar refractivity (Wildman–Crippen MR) is 71.8 cm³/mol. The highest BCUT2D eigenvalue weighted by atomic mass is 35.5. The van der Waals surface area contributed by atoms with Gasteiger partial charge in [0.25, 0.3) is 5.91 Å². The van der Waals surface area contributed by atoms with E-state index >= 15 is 0 Å². The molecule has 1 aromatic rings. The first-order valence-electron chi connectivity index (χ1n) is 5.95. The van der Waals surface area contributed by atoms with Gasteiger partial charge in [0, 0.05) is 24.3 Å². The highest BCUT2D eigenvalue weighted by molar-refractivity contribution is 6.33.